The number of unbranched alkanes of at least 4 members (excludes halogenated alkanes) is 1. The predicted molar refractivity (Wildman–Crippen MR) is 103 cm³/mol. The summed E-state index contributed by atoms with van der Waals surface area (Å²) in [5.74, 6) is 0.427. The zero-order valence-corrected chi connectivity index (χ0v) is 16.2. The lowest BCUT2D eigenvalue weighted by atomic mass is 10.0. The standard InChI is InChI=1S/C21H34O5/c1-3-5-8-18(4-2)17-25-15-6-13-24-14-7-16-26-21(23)19-9-11-20(22)12-10-19/h9-12,18,22H,3-8,13-17H2,1-2H3. The molecule has 1 aromatic rings. The number of hydrogen-bond donors (Lipinski definition) is 1. The summed E-state index contributed by atoms with van der Waals surface area (Å²) in [6.45, 7) is 7.59. The summed E-state index contributed by atoms with van der Waals surface area (Å²) in [4.78, 5) is 11.7. The van der Waals surface area contributed by atoms with Crippen LogP contribution in [0.4, 0.5) is 0 Å². The number of phenolic OH excluding ortho intramolecular Hbond substituents is 1. The molecular weight excluding hydrogens is 332 g/mol. The van der Waals surface area contributed by atoms with Crippen molar-refractivity contribution in [3.8, 4) is 5.75 Å². The Morgan fingerprint density at radius 1 is 0.962 bits per heavy atom. The highest BCUT2D eigenvalue weighted by Crippen LogP contribution is 2.13. The van der Waals surface area contributed by atoms with Crippen LogP contribution in [0.25, 0.3) is 0 Å². The second-order valence-electron chi connectivity index (χ2n) is 6.49. The molecule has 0 fully saturated rings. The maximum absolute atomic E-state index is 11.7. The average molecular weight is 366 g/mol. The van der Waals surface area contributed by atoms with Crippen LogP contribution in [0.15, 0.2) is 24.3 Å². The van der Waals surface area contributed by atoms with Crippen LogP contribution in [-0.4, -0.2) is 44.1 Å². The van der Waals surface area contributed by atoms with E-state index in [1.165, 1.54) is 37.8 Å². The van der Waals surface area contributed by atoms with Crippen molar-refractivity contribution < 1.29 is 24.1 Å². The lowest BCUT2D eigenvalue weighted by Crippen LogP contribution is -2.11. The van der Waals surface area contributed by atoms with Gasteiger partial charge < -0.3 is 19.3 Å². The maximum atomic E-state index is 11.7. The van der Waals surface area contributed by atoms with E-state index in [0.29, 0.717) is 37.7 Å². The molecule has 0 aliphatic heterocycles. The summed E-state index contributed by atoms with van der Waals surface area (Å²) in [5, 5.41) is 9.19. The number of benzene rings is 1. The minimum atomic E-state index is -0.382. The number of phenols is 1. The number of ether oxygens (including phenoxy) is 3. The second-order valence-corrected chi connectivity index (χ2v) is 6.49. The predicted octanol–water partition coefficient (Wildman–Crippen LogP) is 4.58. The van der Waals surface area contributed by atoms with Crippen LogP contribution < -0.4 is 0 Å². The monoisotopic (exact) mass is 366 g/mol. The molecule has 1 unspecified atom stereocenters. The van der Waals surface area contributed by atoms with E-state index in [2.05, 4.69) is 13.8 Å². The van der Waals surface area contributed by atoms with Gasteiger partial charge in [-0.05, 0) is 43.0 Å². The Morgan fingerprint density at radius 3 is 2.27 bits per heavy atom. The molecule has 1 N–H and O–H groups in total. The van der Waals surface area contributed by atoms with E-state index in [-0.39, 0.29) is 11.7 Å². The Bertz CT molecular complexity index is 472. The highest BCUT2D eigenvalue weighted by atomic mass is 16.5. The van der Waals surface area contributed by atoms with E-state index in [4.69, 9.17) is 14.2 Å². The van der Waals surface area contributed by atoms with Gasteiger partial charge in [0.2, 0.25) is 0 Å². The topological polar surface area (TPSA) is 65.0 Å². The fourth-order valence-corrected chi connectivity index (χ4v) is 2.52. The van der Waals surface area contributed by atoms with E-state index < -0.39 is 0 Å². The fraction of sp³-hybridized carbons (Fsp3) is 0.667. The van der Waals surface area contributed by atoms with Gasteiger partial charge in [0.05, 0.1) is 12.2 Å². The van der Waals surface area contributed by atoms with Gasteiger partial charge in [-0.2, -0.15) is 0 Å². The first-order valence-electron chi connectivity index (χ1n) is 9.79. The van der Waals surface area contributed by atoms with Crippen molar-refractivity contribution in [1.29, 1.82) is 0 Å². The quantitative estimate of drug-likeness (QED) is 0.364. The van der Waals surface area contributed by atoms with E-state index in [1.54, 1.807) is 12.1 Å². The molecule has 1 atom stereocenters. The first-order valence-corrected chi connectivity index (χ1v) is 9.79. The third-order valence-electron chi connectivity index (χ3n) is 4.24. The van der Waals surface area contributed by atoms with Crippen LogP contribution in [0.1, 0.15) is 62.7 Å². The molecule has 0 aliphatic rings. The first-order chi connectivity index (χ1) is 12.7. The Kier molecular flexibility index (Phi) is 12.6. The van der Waals surface area contributed by atoms with Gasteiger partial charge in [-0.1, -0.05) is 33.1 Å². The number of aromatic hydroxyl groups is 1. The van der Waals surface area contributed by atoms with Crippen molar-refractivity contribution >= 4 is 5.97 Å². The van der Waals surface area contributed by atoms with Crippen molar-refractivity contribution in [3.63, 3.8) is 0 Å². The maximum Gasteiger partial charge on any atom is 0.338 e. The number of rotatable bonds is 15. The molecule has 5 nitrogen and oxygen atoms in total. The lowest BCUT2D eigenvalue weighted by Gasteiger charge is -2.14. The van der Waals surface area contributed by atoms with Gasteiger partial charge >= 0.3 is 5.97 Å². The second kappa shape index (κ2) is 14.6. The van der Waals surface area contributed by atoms with Gasteiger partial charge in [-0.25, -0.2) is 4.79 Å². The van der Waals surface area contributed by atoms with Crippen molar-refractivity contribution in [3.05, 3.63) is 29.8 Å². The number of hydrogen-bond acceptors (Lipinski definition) is 5. The summed E-state index contributed by atoms with van der Waals surface area (Å²) >= 11 is 0. The van der Waals surface area contributed by atoms with E-state index in [1.807, 2.05) is 0 Å². The Labute approximate surface area is 157 Å². The van der Waals surface area contributed by atoms with Gasteiger partial charge in [-0.15, -0.1) is 0 Å². The minimum Gasteiger partial charge on any atom is -0.508 e. The van der Waals surface area contributed by atoms with Crippen molar-refractivity contribution in [1.82, 2.24) is 0 Å². The van der Waals surface area contributed by atoms with Crippen molar-refractivity contribution in [2.24, 2.45) is 5.92 Å². The van der Waals surface area contributed by atoms with Crippen molar-refractivity contribution in [2.45, 2.75) is 52.4 Å². The molecule has 0 spiro atoms. The van der Waals surface area contributed by atoms with Gasteiger partial charge in [0, 0.05) is 32.8 Å². The summed E-state index contributed by atoms with van der Waals surface area (Å²) in [6.07, 6.45) is 6.51. The number of carbonyl (C=O) groups is 1. The minimum absolute atomic E-state index is 0.130. The van der Waals surface area contributed by atoms with Crippen LogP contribution in [0.3, 0.4) is 0 Å². The highest BCUT2D eigenvalue weighted by molar-refractivity contribution is 5.89. The van der Waals surface area contributed by atoms with Crippen LogP contribution >= 0.6 is 0 Å². The van der Waals surface area contributed by atoms with Gasteiger partial charge in [0.15, 0.2) is 0 Å². The molecule has 0 aromatic heterocycles. The van der Waals surface area contributed by atoms with Gasteiger partial charge in [0.25, 0.3) is 0 Å². The molecule has 26 heavy (non-hydrogen) atoms. The van der Waals surface area contributed by atoms with E-state index >= 15 is 0 Å². The molecule has 0 heterocycles. The molecule has 148 valence electrons. The zero-order valence-electron chi connectivity index (χ0n) is 16.2. The normalized spacial score (nSPS) is 12.1. The summed E-state index contributed by atoms with van der Waals surface area (Å²) in [7, 11) is 0. The van der Waals surface area contributed by atoms with E-state index in [0.717, 1.165) is 19.6 Å². The Hall–Kier alpha value is -1.59. The molecular formula is C21H34O5. The molecule has 0 saturated carbocycles. The number of esters is 1. The van der Waals surface area contributed by atoms with Crippen molar-refractivity contribution in [2.75, 3.05) is 33.0 Å². The largest absolute Gasteiger partial charge is 0.508 e. The summed E-state index contributed by atoms with van der Waals surface area (Å²) in [5.41, 5.74) is 0.435. The van der Waals surface area contributed by atoms with Gasteiger partial charge in [0.1, 0.15) is 5.75 Å². The average Bonchev–Trinajstić information content (AvgIpc) is 2.66. The zero-order chi connectivity index (χ0) is 19.0. The van der Waals surface area contributed by atoms with Crippen LogP contribution in [-0.2, 0) is 14.2 Å². The molecule has 1 aromatic carbocycles. The molecule has 0 bridgehead atoms. The SMILES string of the molecule is CCCCC(CC)COCCCOCCCOC(=O)c1ccc(O)cc1. The molecule has 0 saturated heterocycles. The summed E-state index contributed by atoms with van der Waals surface area (Å²) < 4.78 is 16.4. The molecule has 0 amide bonds. The fourth-order valence-electron chi connectivity index (χ4n) is 2.52. The highest BCUT2D eigenvalue weighted by Gasteiger charge is 2.07. The lowest BCUT2D eigenvalue weighted by molar-refractivity contribution is 0.0405. The summed E-state index contributed by atoms with van der Waals surface area (Å²) in [6, 6.07) is 6.02. The first kappa shape index (κ1) is 22.5. The van der Waals surface area contributed by atoms with Gasteiger partial charge in [-0.3, -0.25) is 0 Å². The molecule has 5 heteroatoms. The Balaban J connectivity index is 1.93. The van der Waals surface area contributed by atoms with Crippen LogP contribution in [0.2, 0.25) is 0 Å². The van der Waals surface area contributed by atoms with Crippen LogP contribution in [0, 0.1) is 5.92 Å². The molecule has 0 aliphatic carbocycles. The Morgan fingerprint density at radius 2 is 1.62 bits per heavy atom. The number of carbonyl (C=O) groups excluding carboxylic acids is 1. The van der Waals surface area contributed by atoms with Crippen LogP contribution in [0.5, 0.6) is 5.75 Å². The molecule has 1 rings (SSSR count). The third kappa shape index (κ3) is 10.4. The third-order valence-corrected chi connectivity index (χ3v) is 4.24. The molecule has 0 radical (unpaired) electrons. The van der Waals surface area contributed by atoms with E-state index in [9.17, 15) is 9.90 Å². The smallest absolute Gasteiger partial charge is 0.338 e.